The number of hydrogen-bond acceptors (Lipinski definition) is 1. The predicted molar refractivity (Wildman–Crippen MR) is 51.0 cm³/mol. The fraction of sp³-hybridized carbons (Fsp3) is 0.300. The van der Waals surface area contributed by atoms with Gasteiger partial charge in [-0.15, -0.1) is 0 Å². The summed E-state index contributed by atoms with van der Waals surface area (Å²) in [7, 11) is 0. The molecule has 0 bridgehead atoms. The molecule has 0 aliphatic rings. The lowest BCUT2D eigenvalue weighted by atomic mass is 9.93. The van der Waals surface area contributed by atoms with E-state index in [-0.39, 0.29) is 10.9 Å². The number of hydrogen-bond donors (Lipinski definition) is 1. The van der Waals surface area contributed by atoms with Crippen LogP contribution in [0.3, 0.4) is 0 Å². The highest BCUT2D eigenvalue weighted by atomic mass is 19.4. The molecular weight excluding hydrogens is 281 g/mol. The maximum absolute atomic E-state index is 13.7. The van der Waals surface area contributed by atoms with E-state index >= 15 is 0 Å². The number of aromatic nitrogens is 2. The van der Waals surface area contributed by atoms with E-state index in [9.17, 15) is 30.7 Å². The van der Waals surface area contributed by atoms with Gasteiger partial charge in [0.2, 0.25) is 0 Å². The van der Waals surface area contributed by atoms with Crippen molar-refractivity contribution in [1.29, 1.82) is 0 Å². The van der Waals surface area contributed by atoms with Crippen LogP contribution < -0.4 is 0 Å². The van der Waals surface area contributed by atoms with Crippen molar-refractivity contribution in [2.45, 2.75) is 18.0 Å². The van der Waals surface area contributed by atoms with Crippen LogP contribution in [0.2, 0.25) is 0 Å². The van der Waals surface area contributed by atoms with Crippen molar-refractivity contribution >= 4 is 10.9 Å². The summed E-state index contributed by atoms with van der Waals surface area (Å²) in [6.45, 7) is 0. The second-order valence-corrected chi connectivity index (χ2v) is 3.83. The Morgan fingerprint density at radius 2 is 1.47 bits per heavy atom. The lowest BCUT2D eigenvalue weighted by Gasteiger charge is -2.30. The molecule has 2 aromatic rings. The number of halogens is 7. The number of fused-ring (bicyclic) bond motifs is 1. The summed E-state index contributed by atoms with van der Waals surface area (Å²) in [5, 5.41) is 5.73. The summed E-state index contributed by atoms with van der Waals surface area (Å²) in [6.07, 6.45) is -11.2. The molecule has 19 heavy (non-hydrogen) atoms. The Labute approximate surface area is 101 Å². The van der Waals surface area contributed by atoms with Crippen LogP contribution >= 0.6 is 0 Å². The first-order valence-electron chi connectivity index (χ1n) is 4.83. The molecular formula is C10H5F7N2. The Morgan fingerprint density at radius 1 is 0.895 bits per heavy atom. The van der Waals surface area contributed by atoms with Crippen LogP contribution in [0.5, 0.6) is 0 Å². The molecule has 1 heterocycles. The Balaban J connectivity index is 2.68. The van der Waals surface area contributed by atoms with E-state index in [2.05, 4.69) is 10.2 Å². The van der Waals surface area contributed by atoms with Gasteiger partial charge in [0.05, 0.1) is 11.7 Å². The number of alkyl halides is 7. The summed E-state index contributed by atoms with van der Waals surface area (Å²) < 4.78 is 88.7. The van der Waals surface area contributed by atoms with Gasteiger partial charge >= 0.3 is 18.0 Å². The molecule has 0 radical (unpaired) electrons. The Hall–Kier alpha value is -1.80. The highest BCUT2D eigenvalue weighted by molar-refractivity contribution is 5.78. The summed E-state index contributed by atoms with van der Waals surface area (Å²) in [5.74, 6) is 0. The highest BCUT2D eigenvalue weighted by Crippen LogP contribution is 2.53. The minimum atomic E-state index is -6.11. The van der Waals surface area contributed by atoms with Crippen LogP contribution in [0.4, 0.5) is 30.7 Å². The zero-order valence-electron chi connectivity index (χ0n) is 8.90. The third-order valence-electron chi connectivity index (χ3n) is 2.62. The summed E-state index contributed by atoms with van der Waals surface area (Å²) >= 11 is 0. The normalized spacial score (nSPS) is 14.1. The molecule has 0 amide bonds. The number of H-pyrrole nitrogens is 1. The zero-order valence-corrected chi connectivity index (χ0v) is 8.90. The van der Waals surface area contributed by atoms with E-state index in [1.807, 2.05) is 0 Å². The van der Waals surface area contributed by atoms with Crippen molar-refractivity contribution in [2.24, 2.45) is 0 Å². The van der Waals surface area contributed by atoms with Gasteiger partial charge in [-0.2, -0.15) is 31.4 Å². The van der Waals surface area contributed by atoms with Crippen LogP contribution in [-0.2, 0) is 5.67 Å². The maximum Gasteiger partial charge on any atom is 0.435 e. The fourth-order valence-corrected chi connectivity index (χ4v) is 1.65. The smallest absolute Gasteiger partial charge is 0.278 e. The van der Waals surface area contributed by atoms with E-state index in [1.54, 1.807) is 0 Å². The number of benzene rings is 1. The SMILES string of the molecule is FC(F)(F)C(F)(c1ccc2[nH]ncc2c1)C(F)(F)F. The van der Waals surface area contributed by atoms with Gasteiger partial charge in [0, 0.05) is 10.9 Å². The van der Waals surface area contributed by atoms with Gasteiger partial charge in [0.15, 0.2) is 0 Å². The standard InChI is InChI=1S/C10H5F7N2/c11-8(9(12,13)14,10(15,16)17)6-1-2-7-5(3-6)4-18-19-7/h1-4H,(H,18,19). The van der Waals surface area contributed by atoms with Crippen molar-refractivity contribution in [3.8, 4) is 0 Å². The van der Waals surface area contributed by atoms with Crippen molar-refractivity contribution < 1.29 is 30.7 Å². The first-order chi connectivity index (χ1) is 8.57. The lowest BCUT2D eigenvalue weighted by Crippen LogP contribution is -2.50. The third kappa shape index (κ3) is 1.92. The minimum Gasteiger partial charge on any atom is -0.278 e. The third-order valence-corrected chi connectivity index (χ3v) is 2.62. The minimum absolute atomic E-state index is 0.0481. The van der Waals surface area contributed by atoms with Crippen molar-refractivity contribution in [1.82, 2.24) is 10.2 Å². The van der Waals surface area contributed by atoms with Gasteiger partial charge < -0.3 is 0 Å². The number of nitrogens with one attached hydrogen (secondary N) is 1. The molecule has 104 valence electrons. The molecule has 0 aliphatic carbocycles. The Kier molecular flexibility index (Phi) is 2.76. The largest absolute Gasteiger partial charge is 0.435 e. The second kappa shape index (κ2) is 3.84. The van der Waals surface area contributed by atoms with Gasteiger partial charge in [-0.3, -0.25) is 5.10 Å². The van der Waals surface area contributed by atoms with Gasteiger partial charge in [-0.1, -0.05) is 6.07 Å². The monoisotopic (exact) mass is 286 g/mol. The average Bonchev–Trinajstić information content (AvgIpc) is 2.71. The Morgan fingerprint density at radius 3 is 2.00 bits per heavy atom. The molecule has 0 atom stereocenters. The number of aromatic amines is 1. The number of nitrogens with zero attached hydrogens (tertiary/aromatic N) is 1. The summed E-state index contributed by atoms with van der Waals surface area (Å²) in [6, 6.07) is 1.81. The zero-order chi connectivity index (χ0) is 14.5. The van der Waals surface area contributed by atoms with Crippen molar-refractivity contribution in [3.05, 3.63) is 30.0 Å². The van der Waals surface area contributed by atoms with Crippen LogP contribution in [0.15, 0.2) is 24.4 Å². The first kappa shape index (κ1) is 13.6. The van der Waals surface area contributed by atoms with Gasteiger partial charge in [-0.05, 0) is 12.1 Å². The van der Waals surface area contributed by atoms with Crippen LogP contribution in [0.1, 0.15) is 5.56 Å². The molecule has 0 saturated carbocycles. The molecule has 1 N–H and O–H groups in total. The highest BCUT2D eigenvalue weighted by Gasteiger charge is 2.73. The molecule has 0 aliphatic heterocycles. The molecule has 1 aromatic carbocycles. The molecule has 9 heteroatoms. The lowest BCUT2D eigenvalue weighted by molar-refractivity contribution is -0.348. The molecule has 2 nitrogen and oxygen atoms in total. The van der Waals surface area contributed by atoms with E-state index in [1.165, 1.54) is 0 Å². The fourth-order valence-electron chi connectivity index (χ4n) is 1.65. The van der Waals surface area contributed by atoms with Crippen LogP contribution in [0, 0.1) is 0 Å². The van der Waals surface area contributed by atoms with E-state index in [0.717, 1.165) is 12.3 Å². The molecule has 1 aromatic heterocycles. The molecule has 0 unspecified atom stereocenters. The molecule has 0 spiro atoms. The van der Waals surface area contributed by atoms with E-state index in [4.69, 9.17) is 0 Å². The van der Waals surface area contributed by atoms with Gasteiger partial charge in [0.1, 0.15) is 0 Å². The average molecular weight is 286 g/mol. The van der Waals surface area contributed by atoms with Crippen molar-refractivity contribution in [3.63, 3.8) is 0 Å². The molecule has 2 rings (SSSR count). The van der Waals surface area contributed by atoms with Crippen LogP contribution in [0.25, 0.3) is 10.9 Å². The van der Waals surface area contributed by atoms with E-state index < -0.39 is 23.6 Å². The quantitative estimate of drug-likeness (QED) is 0.792. The molecule has 0 fully saturated rings. The summed E-state index contributed by atoms with van der Waals surface area (Å²) in [5.41, 5.74) is -6.73. The molecule has 0 saturated heterocycles. The van der Waals surface area contributed by atoms with Gasteiger partial charge in [-0.25, -0.2) is 4.39 Å². The predicted octanol–water partition coefficient (Wildman–Crippen LogP) is 3.85. The first-order valence-corrected chi connectivity index (χ1v) is 4.83. The Bertz CT molecular complexity index is 582. The van der Waals surface area contributed by atoms with Crippen LogP contribution in [-0.4, -0.2) is 22.5 Å². The number of rotatable bonds is 1. The van der Waals surface area contributed by atoms with Crippen molar-refractivity contribution in [2.75, 3.05) is 0 Å². The van der Waals surface area contributed by atoms with E-state index in [0.29, 0.717) is 12.1 Å². The second-order valence-electron chi connectivity index (χ2n) is 3.83. The topological polar surface area (TPSA) is 28.7 Å². The van der Waals surface area contributed by atoms with Gasteiger partial charge in [0.25, 0.3) is 0 Å². The summed E-state index contributed by atoms with van der Waals surface area (Å²) in [4.78, 5) is 0. The maximum atomic E-state index is 13.7.